The highest BCUT2D eigenvalue weighted by Crippen LogP contribution is 2.44. The van der Waals surface area contributed by atoms with Crippen LogP contribution in [0.25, 0.3) is 22.4 Å². The zero-order chi connectivity index (χ0) is 22.9. The molecule has 3 rings (SSSR count). The van der Waals surface area contributed by atoms with Gasteiger partial charge in [0, 0.05) is 5.56 Å². The summed E-state index contributed by atoms with van der Waals surface area (Å²) in [4.78, 5) is 9.86. The molecular formula is C24H35N3O3Si. The standard InChI is InChI=1S/C24H35N3O3Si/c1-15(2)31(16(3)4,17(5)6)27-11-10-19-24(27)25-14-20(26-19)18-12-21(28-7)23(30-9)22(13-18)29-8/h10-17H,1-9H3. The van der Waals surface area contributed by atoms with Crippen LogP contribution in [-0.2, 0) is 0 Å². The second-order valence-corrected chi connectivity index (χ2v) is 14.6. The van der Waals surface area contributed by atoms with Gasteiger partial charge in [0.15, 0.2) is 25.4 Å². The third-order valence-corrected chi connectivity index (χ3v) is 13.3. The van der Waals surface area contributed by atoms with Crippen LogP contribution in [0.15, 0.2) is 30.6 Å². The molecule has 0 unspecified atom stereocenters. The highest BCUT2D eigenvalue weighted by atomic mass is 28.3. The zero-order valence-corrected chi connectivity index (χ0v) is 21.2. The molecule has 31 heavy (non-hydrogen) atoms. The lowest BCUT2D eigenvalue weighted by atomic mass is 10.1. The second-order valence-electron chi connectivity index (χ2n) is 8.92. The van der Waals surface area contributed by atoms with Crippen molar-refractivity contribution in [3.63, 3.8) is 0 Å². The molecular weight excluding hydrogens is 406 g/mol. The molecule has 0 aliphatic heterocycles. The van der Waals surface area contributed by atoms with Crippen LogP contribution in [0.3, 0.4) is 0 Å². The third kappa shape index (κ3) is 3.69. The van der Waals surface area contributed by atoms with E-state index in [2.05, 4.69) is 58.0 Å². The number of aromatic nitrogens is 3. The molecule has 2 heterocycles. The molecule has 0 aliphatic rings. The lowest BCUT2D eigenvalue weighted by Crippen LogP contribution is -2.51. The first kappa shape index (κ1) is 23.1. The molecule has 0 fully saturated rings. The number of rotatable bonds is 8. The van der Waals surface area contributed by atoms with Crippen LogP contribution in [0.4, 0.5) is 0 Å². The Morgan fingerprint density at radius 1 is 0.839 bits per heavy atom. The van der Waals surface area contributed by atoms with Gasteiger partial charge in [-0.1, -0.05) is 41.5 Å². The first-order valence-electron chi connectivity index (χ1n) is 10.9. The Bertz CT molecular complexity index is 1010. The van der Waals surface area contributed by atoms with Gasteiger partial charge in [0.2, 0.25) is 5.75 Å². The van der Waals surface area contributed by atoms with Gasteiger partial charge in [-0.05, 0) is 41.0 Å². The van der Waals surface area contributed by atoms with Gasteiger partial charge in [0.25, 0.3) is 0 Å². The van der Waals surface area contributed by atoms with Gasteiger partial charge >= 0.3 is 0 Å². The first-order valence-corrected chi connectivity index (χ1v) is 13.0. The molecule has 0 radical (unpaired) electrons. The van der Waals surface area contributed by atoms with Crippen molar-refractivity contribution < 1.29 is 14.2 Å². The minimum Gasteiger partial charge on any atom is -0.493 e. The van der Waals surface area contributed by atoms with E-state index in [0.717, 1.165) is 22.4 Å². The maximum atomic E-state index is 5.50. The van der Waals surface area contributed by atoms with Crippen molar-refractivity contribution in [2.24, 2.45) is 0 Å². The Labute approximate surface area is 186 Å². The Morgan fingerprint density at radius 2 is 1.39 bits per heavy atom. The van der Waals surface area contributed by atoms with Gasteiger partial charge in [0.05, 0.1) is 33.2 Å². The van der Waals surface area contributed by atoms with Gasteiger partial charge in [-0.15, -0.1) is 0 Å². The molecule has 1 aromatic carbocycles. The molecule has 0 spiro atoms. The molecule has 7 heteroatoms. The fraction of sp³-hybridized carbons (Fsp3) is 0.500. The van der Waals surface area contributed by atoms with E-state index in [0.29, 0.717) is 33.9 Å². The van der Waals surface area contributed by atoms with E-state index in [1.165, 1.54) is 0 Å². The Balaban J connectivity index is 2.18. The molecule has 0 saturated heterocycles. The molecule has 0 bridgehead atoms. The number of hydrogen-bond acceptors (Lipinski definition) is 5. The summed E-state index contributed by atoms with van der Waals surface area (Å²) < 4.78 is 18.9. The first-order chi connectivity index (χ1) is 14.7. The van der Waals surface area contributed by atoms with Gasteiger partial charge in [0.1, 0.15) is 5.52 Å². The van der Waals surface area contributed by atoms with Crippen molar-refractivity contribution in [3.05, 3.63) is 30.6 Å². The summed E-state index contributed by atoms with van der Waals surface area (Å²) in [6.45, 7) is 14.1. The van der Waals surface area contributed by atoms with Crippen molar-refractivity contribution in [3.8, 4) is 28.5 Å². The summed E-state index contributed by atoms with van der Waals surface area (Å²) in [6, 6.07) is 5.91. The molecule has 168 valence electrons. The summed E-state index contributed by atoms with van der Waals surface area (Å²) in [6.07, 6.45) is 4.05. The normalized spacial score (nSPS) is 12.3. The van der Waals surface area contributed by atoms with Crippen molar-refractivity contribution in [1.29, 1.82) is 0 Å². The van der Waals surface area contributed by atoms with E-state index in [4.69, 9.17) is 24.2 Å². The number of nitrogens with zero attached hydrogens (tertiary/aromatic N) is 3. The topological polar surface area (TPSA) is 58.4 Å². The Kier molecular flexibility index (Phi) is 6.64. The average molecular weight is 442 g/mol. The quantitative estimate of drug-likeness (QED) is 0.393. The van der Waals surface area contributed by atoms with Crippen LogP contribution < -0.4 is 14.2 Å². The summed E-state index contributed by atoms with van der Waals surface area (Å²) in [5, 5.41) is 0. The van der Waals surface area contributed by atoms with E-state index in [1.807, 2.05) is 18.3 Å². The molecule has 0 aliphatic carbocycles. The number of hydrogen-bond donors (Lipinski definition) is 0. The molecule has 0 atom stereocenters. The monoisotopic (exact) mass is 441 g/mol. The molecule has 0 saturated carbocycles. The summed E-state index contributed by atoms with van der Waals surface area (Å²) in [5.74, 6) is 1.76. The van der Waals surface area contributed by atoms with Crippen molar-refractivity contribution in [2.45, 2.75) is 58.2 Å². The van der Waals surface area contributed by atoms with Crippen LogP contribution in [-0.4, -0.2) is 43.8 Å². The zero-order valence-electron chi connectivity index (χ0n) is 20.2. The maximum Gasteiger partial charge on any atom is 0.203 e. The van der Waals surface area contributed by atoms with Crippen LogP contribution in [0.5, 0.6) is 17.2 Å². The van der Waals surface area contributed by atoms with E-state index in [-0.39, 0.29) is 0 Å². The van der Waals surface area contributed by atoms with Crippen molar-refractivity contribution >= 4 is 19.4 Å². The van der Waals surface area contributed by atoms with Gasteiger partial charge in [-0.3, -0.25) is 0 Å². The van der Waals surface area contributed by atoms with Crippen molar-refractivity contribution in [1.82, 2.24) is 14.2 Å². The fourth-order valence-corrected chi connectivity index (χ4v) is 12.0. The Hall–Kier alpha value is -2.54. The predicted molar refractivity (Wildman–Crippen MR) is 129 cm³/mol. The van der Waals surface area contributed by atoms with Crippen LogP contribution in [0.1, 0.15) is 41.5 Å². The summed E-state index contributed by atoms with van der Waals surface area (Å²) in [7, 11) is 2.93. The summed E-state index contributed by atoms with van der Waals surface area (Å²) in [5.41, 5.74) is 5.27. The minimum atomic E-state index is -1.90. The van der Waals surface area contributed by atoms with E-state index < -0.39 is 8.24 Å². The molecule has 0 N–H and O–H groups in total. The average Bonchev–Trinajstić information content (AvgIpc) is 3.15. The molecule has 6 nitrogen and oxygen atoms in total. The summed E-state index contributed by atoms with van der Waals surface area (Å²) >= 11 is 0. The highest BCUT2D eigenvalue weighted by Gasteiger charge is 2.46. The Morgan fingerprint density at radius 3 is 1.84 bits per heavy atom. The van der Waals surface area contributed by atoms with Crippen LogP contribution in [0, 0.1) is 0 Å². The number of ether oxygens (including phenoxy) is 3. The second kappa shape index (κ2) is 8.90. The predicted octanol–water partition coefficient (Wildman–Crippen LogP) is 6.15. The number of methoxy groups -OCH3 is 3. The minimum absolute atomic E-state index is 0.565. The van der Waals surface area contributed by atoms with Crippen LogP contribution in [0.2, 0.25) is 16.6 Å². The lowest BCUT2D eigenvalue weighted by molar-refractivity contribution is 0.324. The van der Waals surface area contributed by atoms with Gasteiger partial charge in [-0.25, -0.2) is 9.97 Å². The fourth-order valence-electron chi connectivity index (χ4n) is 5.43. The van der Waals surface area contributed by atoms with E-state index in [1.54, 1.807) is 21.3 Å². The largest absolute Gasteiger partial charge is 0.493 e. The van der Waals surface area contributed by atoms with E-state index >= 15 is 0 Å². The number of benzene rings is 1. The highest BCUT2D eigenvalue weighted by molar-refractivity contribution is 6.82. The molecule has 3 aromatic rings. The maximum absolute atomic E-state index is 5.50. The van der Waals surface area contributed by atoms with E-state index in [9.17, 15) is 0 Å². The van der Waals surface area contributed by atoms with Crippen molar-refractivity contribution in [2.75, 3.05) is 21.3 Å². The SMILES string of the molecule is COc1cc(-c2cnc3c(ccn3[Si](C(C)C)(C(C)C)C(C)C)n2)cc(OC)c1OC. The third-order valence-electron chi connectivity index (χ3n) is 6.54. The lowest BCUT2D eigenvalue weighted by Gasteiger charge is -2.44. The molecule has 0 amide bonds. The smallest absolute Gasteiger partial charge is 0.203 e. The van der Waals surface area contributed by atoms with Gasteiger partial charge in [-0.2, -0.15) is 0 Å². The van der Waals surface area contributed by atoms with Gasteiger partial charge < -0.3 is 18.4 Å². The molecule has 2 aromatic heterocycles. The van der Waals surface area contributed by atoms with Crippen LogP contribution >= 0.6 is 0 Å². The number of fused-ring (bicyclic) bond motifs is 1.